The van der Waals surface area contributed by atoms with Crippen LogP contribution in [0.25, 0.3) is 33.8 Å². The van der Waals surface area contributed by atoms with Crippen molar-refractivity contribution < 1.29 is 0 Å². The first-order valence-electron chi connectivity index (χ1n) is 12.4. The molecule has 0 spiro atoms. The molecular weight excluding hydrogens is 484 g/mol. The standard InChI is InChI=1S/C33H24N4S/c38-31-18-8-7-16-27(31)30-23-25(22-29(35-30)24-12-3-1-4-13-24)28-17-11-20-33(36-28)37(26-14-5-2-6-15-26)32-19-9-10-21-34-32/h1-23,38H. The van der Waals surface area contributed by atoms with Crippen LogP contribution < -0.4 is 4.90 Å². The number of aromatic nitrogens is 3. The van der Waals surface area contributed by atoms with Crippen molar-refractivity contribution in [1.82, 2.24) is 15.0 Å². The maximum Gasteiger partial charge on any atom is 0.139 e. The van der Waals surface area contributed by atoms with Gasteiger partial charge in [0, 0.05) is 33.5 Å². The minimum Gasteiger partial charge on any atom is -0.279 e. The van der Waals surface area contributed by atoms with E-state index in [1.807, 2.05) is 97.1 Å². The molecule has 0 aliphatic rings. The predicted molar refractivity (Wildman–Crippen MR) is 158 cm³/mol. The molecule has 182 valence electrons. The lowest BCUT2D eigenvalue weighted by Crippen LogP contribution is -2.13. The zero-order valence-corrected chi connectivity index (χ0v) is 21.4. The van der Waals surface area contributed by atoms with Crippen LogP contribution >= 0.6 is 12.6 Å². The summed E-state index contributed by atoms with van der Waals surface area (Å²) < 4.78 is 0. The molecule has 6 aromatic rings. The summed E-state index contributed by atoms with van der Waals surface area (Å²) >= 11 is 4.71. The molecule has 5 heteroatoms. The monoisotopic (exact) mass is 508 g/mol. The number of para-hydroxylation sites is 1. The number of benzene rings is 3. The summed E-state index contributed by atoms with van der Waals surface area (Å²) in [4.78, 5) is 17.7. The summed E-state index contributed by atoms with van der Waals surface area (Å²) in [5.74, 6) is 1.58. The Labute approximate surface area is 227 Å². The molecule has 38 heavy (non-hydrogen) atoms. The van der Waals surface area contributed by atoms with Crippen molar-refractivity contribution in [2.45, 2.75) is 4.90 Å². The highest BCUT2D eigenvalue weighted by atomic mass is 32.1. The van der Waals surface area contributed by atoms with E-state index in [0.717, 1.165) is 56.0 Å². The molecular formula is C33H24N4S. The number of rotatable bonds is 6. The second-order valence-electron chi connectivity index (χ2n) is 8.75. The summed E-state index contributed by atoms with van der Waals surface area (Å²) in [6, 6.07) is 44.5. The third-order valence-corrected chi connectivity index (χ3v) is 6.62. The van der Waals surface area contributed by atoms with Crippen LogP contribution in [0.1, 0.15) is 0 Å². The second-order valence-corrected chi connectivity index (χ2v) is 9.23. The van der Waals surface area contributed by atoms with Gasteiger partial charge in [0.05, 0.1) is 17.1 Å². The lowest BCUT2D eigenvalue weighted by atomic mass is 10.0. The van der Waals surface area contributed by atoms with Crippen LogP contribution in [-0.2, 0) is 0 Å². The molecule has 0 radical (unpaired) electrons. The molecule has 0 fully saturated rings. The zero-order chi connectivity index (χ0) is 25.7. The summed E-state index contributed by atoms with van der Waals surface area (Å²) in [7, 11) is 0. The lowest BCUT2D eigenvalue weighted by molar-refractivity contribution is 1.13. The molecule has 0 bridgehead atoms. The van der Waals surface area contributed by atoms with Gasteiger partial charge in [-0.15, -0.1) is 12.6 Å². The quantitative estimate of drug-likeness (QED) is 0.229. The summed E-state index contributed by atoms with van der Waals surface area (Å²) in [5, 5.41) is 0. The van der Waals surface area contributed by atoms with Crippen molar-refractivity contribution in [2.75, 3.05) is 4.90 Å². The van der Waals surface area contributed by atoms with Gasteiger partial charge in [-0.05, 0) is 54.6 Å². The van der Waals surface area contributed by atoms with Crippen LogP contribution in [0, 0.1) is 0 Å². The molecule has 0 saturated heterocycles. The van der Waals surface area contributed by atoms with E-state index in [1.54, 1.807) is 6.20 Å². The van der Waals surface area contributed by atoms with E-state index in [2.05, 4.69) is 46.3 Å². The van der Waals surface area contributed by atoms with Crippen molar-refractivity contribution in [3.8, 4) is 33.8 Å². The molecule has 0 N–H and O–H groups in total. The van der Waals surface area contributed by atoms with Gasteiger partial charge in [0.25, 0.3) is 0 Å². The van der Waals surface area contributed by atoms with E-state index < -0.39 is 0 Å². The SMILES string of the molecule is Sc1ccccc1-c1cc(-c2cccc(N(c3ccccc3)c3ccccn3)n2)cc(-c2ccccc2)n1. The first-order chi connectivity index (χ1) is 18.8. The number of thiol groups is 1. The molecule has 3 aromatic heterocycles. The number of hydrogen-bond donors (Lipinski definition) is 1. The normalized spacial score (nSPS) is 10.8. The Morgan fingerprint density at radius 2 is 1.18 bits per heavy atom. The van der Waals surface area contributed by atoms with Gasteiger partial charge >= 0.3 is 0 Å². The van der Waals surface area contributed by atoms with Gasteiger partial charge in [0.15, 0.2) is 0 Å². The van der Waals surface area contributed by atoms with Gasteiger partial charge in [-0.3, -0.25) is 4.90 Å². The van der Waals surface area contributed by atoms with Gasteiger partial charge in [0.2, 0.25) is 0 Å². The average Bonchev–Trinajstić information content (AvgIpc) is 2.99. The Kier molecular flexibility index (Phi) is 6.66. The Morgan fingerprint density at radius 3 is 1.95 bits per heavy atom. The maximum absolute atomic E-state index is 5.13. The fourth-order valence-electron chi connectivity index (χ4n) is 4.42. The van der Waals surface area contributed by atoms with Crippen LogP contribution in [0.3, 0.4) is 0 Å². The first kappa shape index (κ1) is 23.6. The van der Waals surface area contributed by atoms with Crippen LogP contribution in [0.15, 0.2) is 145 Å². The number of nitrogens with zero attached hydrogens (tertiary/aromatic N) is 4. The van der Waals surface area contributed by atoms with E-state index >= 15 is 0 Å². The van der Waals surface area contributed by atoms with E-state index in [-0.39, 0.29) is 0 Å². The lowest BCUT2D eigenvalue weighted by Gasteiger charge is -2.23. The van der Waals surface area contributed by atoms with Crippen molar-refractivity contribution in [2.24, 2.45) is 0 Å². The maximum atomic E-state index is 5.13. The largest absolute Gasteiger partial charge is 0.279 e. The van der Waals surface area contributed by atoms with Crippen LogP contribution in [0.4, 0.5) is 17.3 Å². The first-order valence-corrected chi connectivity index (χ1v) is 12.8. The molecule has 0 aliphatic carbocycles. The van der Waals surface area contributed by atoms with Crippen LogP contribution in [-0.4, -0.2) is 15.0 Å². The molecule has 0 saturated carbocycles. The highest BCUT2D eigenvalue weighted by Gasteiger charge is 2.16. The number of anilines is 3. The van der Waals surface area contributed by atoms with Crippen LogP contribution in [0.5, 0.6) is 0 Å². The van der Waals surface area contributed by atoms with Crippen molar-refractivity contribution >= 4 is 30.0 Å². The molecule has 4 nitrogen and oxygen atoms in total. The van der Waals surface area contributed by atoms with E-state index in [0.29, 0.717) is 0 Å². The molecule has 0 unspecified atom stereocenters. The predicted octanol–water partition coefficient (Wildman–Crippen LogP) is 8.63. The Morgan fingerprint density at radius 1 is 0.500 bits per heavy atom. The second kappa shape index (κ2) is 10.7. The fourth-order valence-corrected chi connectivity index (χ4v) is 4.69. The summed E-state index contributed by atoms with van der Waals surface area (Å²) in [6.45, 7) is 0. The van der Waals surface area contributed by atoms with E-state index in [4.69, 9.17) is 22.6 Å². The van der Waals surface area contributed by atoms with Gasteiger partial charge in [-0.2, -0.15) is 0 Å². The highest BCUT2D eigenvalue weighted by Crippen LogP contribution is 2.35. The Balaban J connectivity index is 1.51. The topological polar surface area (TPSA) is 41.9 Å². The van der Waals surface area contributed by atoms with Crippen LogP contribution in [0.2, 0.25) is 0 Å². The smallest absolute Gasteiger partial charge is 0.139 e. The van der Waals surface area contributed by atoms with Crippen molar-refractivity contribution in [1.29, 1.82) is 0 Å². The Bertz CT molecular complexity index is 1630. The summed E-state index contributed by atoms with van der Waals surface area (Å²) in [5.41, 5.74) is 6.56. The van der Waals surface area contributed by atoms with E-state index in [1.165, 1.54) is 0 Å². The third kappa shape index (κ3) is 4.92. The molecule has 0 aliphatic heterocycles. The summed E-state index contributed by atoms with van der Waals surface area (Å²) in [6.07, 6.45) is 1.80. The minimum absolute atomic E-state index is 0.779. The highest BCUT2D eigenvalue weighted by molar-refractivity contribution is 7.80. The molecule has 0 amide bonds. The van der Waals surface area contributed by atoms with Crippen molar-refractivity contribution in [3.63, 3.8) is 0 Å². The average molecular weight is 509 g/mol. The van der Waals surface area contributed by atoms with E-state index in [9.17, 15) is 0 Å². The fraction of sp³-hybridized carbons (Fsp3) is 0. The number of hydrogen-bond acceptors (Lipinski definition) is 5. The minimum atomic E-state index is 0.779. The van der Waals surface area contributed by atoms with Gasteiger partial charge in [-0.25, -0.2) is 15.0 Å². The molecule has 3 aromatic carbocycles. The van der Waals surface area contributed by atoms with Gasteiger partial charge in [0.1, 0.15) is 11.6 Å². The number of pyridine rings is 3. The molecule has 3 heterocycles. The molecule has 6 rings (SSSR count). The van der Waals surface area contributed by atoms with Crippen molar-refractivity contribution in [3.05, 3.63) is 140 Å². The molecule has 0 atom stereocenters. The van der Waals surface area contributed by atoms with Gasteiger partial charge in [-0.1, -0.05) is 78.9 Å². The Hall–Kier alpha value is -4.74. The third-order valence-electron chi connectivity index (χ3n) is 6.23. The van der Waals surface area contributed by atoms with Gasteiger partial charge < -0.3 is 0 Å². The zero-order valence-electron chi connectivity index (χ0n) is 20.5.